The molecule has 10 rings (SSSR count). The molecule has 97 heavy (non-hydrogen) atoms. The molecule has 504 valence electrons. The molecule has 0 unspecified atom stereocenters. The summed E-state index contributed by atoms with van der Waals surface area (Å²) in [5.74, 6) is -4.26. The Bertz CT molecular complexity index is 4550. The largest absolute Gasteiger partial charge is 0.443 e. The molecule has 7 aromatic heterocycles. The van der Waals surface area contributed by atoms with Crippen molar-refractivity contribution in [1.29, 1.82) is 0 Å². The number of nitrogens with zero attached hydrogens (tertiary/aromatic N) is 15. The summed E-state index contributed by atoms with van der Waals surface area (Å²) in [6.45, 7) is 35.0. The molecule has 0 aliphatic rings. The van der Waals surface area contributed by atoms with Crippen LogP contribution in [-0.4, -0.2) is 112 Å². The maximum atomic E-state index is 13.6. The van der Waals surface area contributed by atoms with Crippen LogP contribution in [0, 0.1) is 54.6 Å². The third kappa shape index (κ3) is 23.3. The van der Waals surface area contributed by atoms with Gasteiger partial charge in [-0.3, -0.25) is 21.0 Å². The van der Waals surface area contributed by atoms with Crippen molar-refractivity contribution in [3.05, 3.63) is 160 Å². The molecule has 0 bridgehead atoms. The van der Waals surface area contributed by atoms with Gasteiger partial charge in [0.15, 0.2) is 73.8 Å². The van der Waals surface area contributed by atoms with Crippen LogP contribution in [0.15, 0.2) is 95.9 Å². The normalized spacial score (nSPS) is 10.6. The first-order valence-corrected chi connectivity index (χ1v) is 30.1. The summed E-state index contributed by atoms with van der Waals surface area (Å²) < 4.78 is 105. The van der Waals surface area contributed by atoms with Crippen molar-refractivity contribution in [1.82, 2.24) is 81.1 Å². The predicted molar refractivity (Wildman–Crippen MR) is 345 cm³/mol. The number of nitrogen functional groups attached to an aromatic ring is 1. The minimum Gasteiger partial charge on any atom is -0.443 e. The van der Waals surface area contributed by atoms with E-state index >= 15 is 0 Å². The minimum atomic E-state index is -0.941. The van der Waals surface area contributed by atoms with Gasteiger partial charge in [0, 0.05) is 55.2 Å². The molecule has 2 amide bonds. The van der Waals surface area contributed by atoms with Crippen LogP contribution < -0.4 is 47.0 Å². The van der Waals surface area contributed by atoms with Crippen LogP contribution in [0.1, 0.15) is 55.4 Å². The van der Waals surface area contributed by atoms with E-state index in [1.54, 1.807) is 41.5 Å². The van der Waals surface area contributed by atoms with Gasteiger partial charge in [0.05, 0.1) is 30.5 Å². The molecule has 0 fully saturated rings. The fourth-order valence-corrected chi connectivity index (χ4v) is 7.51. The number of carbonyl (C=O) groups is 2. The zero-order chi connectivity index (χ0) is 71.1. The number of benzene rings is 3. The maximum absolute atomic E-state index is 13.6. The van der Waals surface area contributed by atoms with Gasteiger partial charge in [-0.2, -0.15) is 25.1 Å². The molecule has 0 spiro atoms. The number of nitrogens with one attached hydrogen (secondary N) is 7. The summed E-state index contributed by atoms with van der Waals surface area (Å²) in [6, 6.07) is 8.39. The number of anilines is 4. The number of fused-ring (bicyclic) bond motifs is 2. The van der Waals surface area contributed by atoms with Crippen molar-refractivity contribution in [2.75, 3.05) is 34.4 Å². The van der Waals surface area contributed by atoms with Crippen LogP contribution in [-0.2, 0) is 9.47 Å². The second kappa shape index (κ2) is 34.4. The molecule has 0 saturated heterocycles. The van der Waals surface area contributed by atoms with Crippen molar-refractivity contribution in [2.45, 2.75) is 82.9 Å². The summed E-state index contributed by atoms with van der Waals surface area (Å²) in [6.07, 6.45) is 9.09. The number of H-pyrrole nitrogens is 2. The van der Waals surface area contributed by atoms with Gasteiger partial charge in [-0.25, -0.2) is 96.2 Å². The number of rotatable bonds is 14. The molecule has 0 aliphatic carbocycles. The van der Waals surface area contributed by atoms with Crippen molar-refractivity contribution < 1.29 is 59.6 Å². The highest BCUT2D eigenvalue weighted by molar-refractivity contribution is 7.98. The number of ether oxygens (including phenoxy) is 5. The molecule has 0 radical (unpaired) electrons. The third-order valence-electron chi connectivity index (χ3n) is 10.6. The van der Waals surface area contributed by atoms with E-state index in [1.807, 2.05) is 26.4 Å². The molecule has 0 saturated carbocycles. The SMILES string of the molecule is CC(C)Nc1n[nH]c2nc(Oc3ccc(F)cc3F)ncc12.Nc1[nH]nc2nc(Oc3ccc(F)cc3F)ncc12.[C-]#[N+]c1cnc(Oc2ccc(F)cc2F)nc1NNC(=O)OC(C)(C)C.[C-]#[N+]c1cnc(SC)nc1Cl.[C-]#[N+]c1cnc(SC)nc1NNC(=O)OC(C)(C)C. The van der Waals surface area contributed by atoms with Crippen molar-refractivity contribution in [3.8, 4) is 35.3 Å². The van der Waals surface area contributed by atoms with E-state index in [9.17, 15) is 35.9 Å². The number of amides is 2. The topological polar surface area (TPSA) is 366 Å². The van der Waals surface area contributed by atoms with E-state index in [2.05, 4.69) is 112 Å². The number of aromatic amines is 2. The van der Waals surface area contributed by atoms with Crippen molar-refractivity contribution >= 4 is 110 Å². The van der Waals surface area contributed by atoms with Gasteiger partial charge in [-0.1, -0.05) is 35.1 Å². The van der Waals surface area contributed by atoms with Gasteiger partial charge in [-0.05, 0) is 104 Å². The Labute approximate surface area is 560 Å². The summed E-state index contributed by atoms with van der Waals surface area (Å²) in [5, 5.41) is 18.9. The molecule has 0 atom stereocenters. The first-order valence-electron chi connectivity index (χ1n) is 27.3. The zero-order valence-electron chi connectivity index (χ0n) is 52.3. The van der Waals surface area contributed by atoms with Gasteiger partial charge in [0.1, 0.15) is 39.6 Å². The van der Waals surface area contributed by atoms with Crippen LogP contribution in [0.25, 0.3) is 36.6 Å². The lowest BCUT2D eigenvalue weighted by atomic mass is 10.2. The summed E-state index contributed by atoms with van der Waals surface area (Å²) in [4.78, 5) is 72.1. The lowest BCUT2D eigenvalue weighted by molar-refractivity contribution is 0.0529. The van der Waals surface area contributed by atoms with E-state index in [0.29, 0.717) is 61.8 Å². The second-order valence-corrected chi connectivity index (χ2v) is 22.6. The Hall–Kier alpha value is -11.8. The van der Waals surface area contributed by atoms with Crippen molar-refractivity contribution in [3.63, 3.8) is 0 Å². The standard InChI is InChI=1S/C16H15F2N5O3.C14H13F2N5O.C11H7F2N5O.C11H15N5O2S.C6H4ClN3S/c1-16(2,3)26-15(24)23-22-13-11(19-4)8-20-14(21-13)25-12-6-5-9(17)7-10(12)18;1-7(2)18-12-9-6-17-14(19-13(9)21-20-12)22-11-4-3-8(15)5-10(11)16;12-5-1-2-8(7(13)3-5)19-11-15-4-6-9(14)17-18-10(6)16-11;1-11(2,3)18-10(17)16-15-8-7(12-4)6-13-9(14-8)19-5;1-8-4-3-9-6(11-2)10-5(4)7/h5-8H,1-3H3,(H,23,24)(H,20,21,22);3-7H,1-2H3,(H2,17,18,19,20,21);1-4H,(H3,14,15,16,17,18);6H,1-3,5H3,(H,16,17)(H,13,14,15);3H,2H3. The Kier molecular flexibility index (Phi) is 26.3. The monoisotopic (exact) mass is 1400 g/mol. The number of hydrazine groups is 2. The van der Waals surface area contributed by atoms with E-state index in [4.69, 9.17) is 60.7 Å². The minimum absolute atomic E-state index is 0.0204. The van der Waals surface area contributed by atoms with Crippen LogP contribution in [0.2, 0.25) is 5.15 Å². The Morgan fingerprint density at radius 2 is 0.979 bits per heavy atom. The van der Waals surface area contributed by atoms with Gasteiger partial charge in [0.25, 0.3) is 0 Å². The number of halogens is 7. The molecule has 30 nitrogen and oxygen atoms in total. The highest BCUT2D eigenvalue weighted by Crippen LogP contribution is 2.31. The van der Waals surface area contributed by atoms with Gasteiger partial charge in [0.2, 0.25) is 17.1 Å². The smallest absolute Gasteiger partial charge is 0.426 e. The summed E-state index contributed by atoms with van der Waals surface area (Å²) in [7, 11) is 0. The predicted octanol–water partition coefficient (Wildman–Crippen LogP) is 14.2. The van der Waals surface area contributed by atoms with Crippen LogP contribution in [0.4, 0.5) is 76.3 Å². The van der Waals surface area contributed by atoms with E-state index in [0.717, 1.165) is 42.6 Å². The van der Waals surface area contributed by atoms with Gasteiger partial charge >= 0.3 is 30.2 Å². The molecular weight excluding hydrogens is 1340 g/mol. The molecule has 9 N–H and O–H groups in total. The second-order valence-electron chi connectivity index (χ2n) is 20.7. The van der Waals surface area contributed by atoms with Crippen molar-refractivity contribution in [2.24, 2.45) is 0 Å². The first-order chi connectivity index (χ1) is 46.0. The van der Waals surface area contributed by atoms with Gasteiger partial charge in [-0.15, -0.1) is 0 Å². The number of aromatic nitrogens is 14. The molecule has 7 heterocycles. The summed E-state index contributed by atoms with van der Waals surface area (Å²) in [5.41, 5.74) is 15.0. The summed E-state index contributed by atoms with van der Waals surface area (Å²) >= 11 is 8.36. The highest BCUT2D eigenvalue weighted by atomic mass is 35.5. The third-order valence-corrected chi connectivity index (χ3v) is 12.0. The highest BCUT2D eigenvalue weighted by Gasteiger charge is 2.20. The first kappa shape index (κ1) is 74.2. The van der Waals surface area contributed by atoms with Crippen LogP contribution in [0.3, 0.4) is 0 Å². The molecule has 39 heteroatoms. The Morgan fingerprint density at radius 1 is 0.557 bits per heavy atom. The lowest BCUT2D eigenvalue weighted by Gasteiger charge is -2.20. The number of hydrogen-bond donors (Lipinski definition) is 8. The molecule has 0 aliphatic heterocycles. The number of hydrogen-bond acceptors (Lipinski definition) is 25. The number of nitrogens with two attached hydrogens (primary N) is 1. The fourth-order valence-electron chi connectivity index (χ4n) is 6.60. The quantitative estimate of drug-likeness (QED) is 0.0125. The van der Waals surface area contributed by atoms with Crippen LogP contribution >= 0.6 is 35.1 Å². The molecule has 10 aromatic rings. The molecule has 3 aromatic carbocycles. The zero-order valence-corrected chi connectivity index (χ0v) is 54.7. The number of thioether (sulfide) groups is 2. The average Bonchev–Trinajstić information content (AvgIpc) is 1.70. The van der Waals surface area contributed by atoms with E-state index in [-0.39, 0.29) is 69.5 Å². The van der Waals surface area contributed by atoms with Crippen LogP contribution in [0.5, 0.6) is 35.3 Å². The maximum Gasteiger partial charge on any atom is 0.426 e. The van der Waals surface area contributed by atoms with E-state index in [1.165, 1.54) is 54.4 Å². The Balaban J connectivity index is 0.000000195. The lowest BCUT2D eigenvalue weighted by Crippen LogP contribution is -2.36. The fraction of sp³-hybridized carbons (Fsp3) is 0.224. The average molecular weight is 1400 g/mol. The Morgan fingerprint density at radius 3 is 1.42 bits per heavy atom. The van der Waals surface area contributed by atoms with E-state index < -0.39 is 58.3 Å². The molecular formula is C58H54ClF6N23O7S2. The van der Waals surface area contributed by atoms with Gasteiger partial charge < -0.3 is 34.7 Å². The number of carbonyl (C=O) groups excluding carboxylic acids is 2.